The topological polar surface area (TPSA) is 72.9 Å². The van der Waals surface area contributed by atoms with Crippen molar-refractivity contribution in [3.63, 3.8) is 0 Å². The van der Waals surface area contributed by atoms with Crippen molar-refractivity contribution in [2.75, 3.05) is 33.2 Å². The Morgan fingerprint density at radius 2 is 2.00 bits per heavy atom. The lowest BCUT2D eigenvalue weighted by atomic mass is 10.0. The van der Waals surface area contributed by atoms with Gasteiger partial charge in [0.15, 0.2) is 0 Å². The van der Waals surface area contributed by atoms with Crippen molar-refractivity contribution < 1.29 is 14.7 Å². The summed E-state index contributed by atoms with van der Waals surface area (Å²) in [5, 5.41) is 12.1. The Kier molecular flexibility index (Phi) is 4.76. The van der Waals surface area contributed by atoms with Gasteiger partial charge in [0.2, 0.25) is 5.91 Å². The van der Waals surface area contributed by atoms with Crippen molar-refractivity contribution >= 4 is 11.9 Å². The minimum atomic E-state index is -0.956. The van der Waals surface area contributed by atoms with Crippen molar-refractivity contribution in [3.8, 4) is 0 Å². The number of piperidine rings is 1. The van der Waals surface area contributed by atoms with Crippen LogP contribution in [0, 0.1) is 0 Å². The molecule has 2 rings (SSSR count). The van der Waals surface area contributed by atoms with Gasteiger partial charge in [-0.3, -0.25) is 14.5 Å². The predicted octanol–water partition coefficient (Wildman–Crippen LogP) is -0.254. The quantitative estimate of drug-likeness (QED) is 0.736. The lowest BCUT2D eigenvalue weighted by Crippen LogP contribution is -2.51. The number of likely N-dealkylation sites (tertiary alicyclic amines) is 1. The molecule has 2 aliphatic rings. The molecule has 1 amide bonds. The molecule has 6 nitrogen and oxygen atoms in total. The predicted molar refractivity (Wildman–Crippen MR) is 70.9 cm³/mol. The summed E-state index contributed by atoms with van der Waals surface area (Å²) in [6.45, 7) is 2.76. The van der Waals surface area contributed by atoms with Crippen molar-refractivity contribution in [1.29, 1.82) is 0 Å². The van der Waals surface area contributed by atoms with Crippen LogP contribution in [0.2, 0.25) is 0 Å². The minimum Gasteiger partial charge on any atom is -0.480 e. The molecule has 0 bridgehead atoms. The monoisotopic (exact) mass is 269 g/mol. The molecule has 0 aromatic rings. The summed E-state index contributed by atoms with van der Waals surface area (Å²) in [5.41, 5.74) is 0. The first-order valence-electron chi connectivity index (χ1n) is 7.03. The molecule has 0 aliphatic carbocycles. The van der Waals surface area contributed by atoms with Crippen molar-refractivity contribution in [2.24, 2.45) is 0 Å². The average Bonchev–Trinajstić information content (AvgIpc) is 2.87. The highest BCUT2D eigenvalue weighted by Crippen LogP contribution is 2.25. The van der Waals surface area contributed by atoms with Gasteiger partial charge < -0.3 is 15.3 Å². The van der Waals surface area contributed by atoms with E-state index in [1.807, 2.05) is 0 Å². The van der Waals surface area contributed by atoms with Gasteiger partial charge in [0.05, 0.1) is 6.04 Å². The number of rotatable bonds is 4. The number of nitrogens with one attached hydrogen (secondary N) is 1. The third-order valence-corrected chi connectivity index (χ3v) is 4.11. The molecule has 2 fully saturated rings. The Labute approximate surface area is 113 Å². The van der Waals surface area contributed by atoms with E-state index in [2.05, 4.69) is 10.2 Å². The van der Waals surface area contributed by atoms with E-state index in [1.165, 1.54) is 4.90 Å². The Bertz CT molecular complexity index is 342. The van der Waals surface area contributed by atoms with Gasteiger partial charge in [0.25, 0.3) is 0 Å². The summed E-state index contributed by atoms with van der Waals surface area (Å²) in [7, 11) is 1.58. The molecule has 108 valence electrons. The number of carbonyl (C=O) groups is 2. The van der Waals surface area contributed by atoms with Gasteiger partial charge in [-0.2, -0.15) is 0 Å². The highest BCUT2D eigenvalue weighted by Gasteiger charge is 2.37. The summed E-state index contributed by atoms with van der Waals surface area (Å²) in [4.78, 5) is 26.7. The number of carboxylic acid groups (broad SMARTS) is 1. The zero-order valence-electron chi connectivity index (χ0n) is 11.5. The van der Waals surface area contributed by atoms with E-state index in [9.17, 15) is 9.59 Å². The van der Waals surface area contributed by atoms with E-state index >= 15 is 0 Å². The molecule has 0 saturated carbocycles. The maximum atomic E-state index is 12.3. The zero-order valence-corrected chi connectivity index (χ0v) is 11.5. The second-order valence-electron chi connectivity index (χ2n) is 5.47. The van der Waals surface area contributed by atoms with Crippen LogP contribution >= 0.6 is 0 Å². The van der Waals surface area contributed by atoms with Crippen LogP contribution in [0.4, 0.5) is 0 Å². The average molecular weight is 269 g/mol. The van der Waals surface area contributed by atoms with Crippen LogP contribution in [0.25, 0.3) is 0 Å². The molecule has 1 unspecified atom stereocenters. The third-order valence-electron chi connectivity index (χ3n) is 4.11. The van der Waals surface area contributed by atoms with Gasteiger partial charge in [0.1, 0.15) is 6.54 Å². The molecule has 0 radical (unpaired) electrons. The van der Waals surface area contributed by atoms with Crippen molar-refractivity contribution in [1.82, 2.24) is 15.1 Å². The van der Waals surface area contributed by atoms with Gasteiger partial charge in [-0.1, -0.05) is 0 Å². The number of aliphatic carboxylic acids is 1. The Balaban J connectivity index is 1.97. The Morgan fingerprint density at radius 1 is 1.32 bits per heavy atom. The third kappa shape index (κ3) is 3.45. The normalized spacial score (nSPS) is 25.4. The molecule has 0 aromatic heterocycles. The lowest BCUT2D eigenvalue weighted by Gasteiger charge is -2.36. The number of carboxylic acids is 1. The van der Waals surface area contributed by atoms with E-state index in [4.69, 9.17) is 5.11 Å². The van der Waals surface area contributed by atoms with Crippen molar-refractivity contribution in [2.45, 2.75) is 37.8 Å². The number of hydrogen-bond donors (Lipinski definition) is 2. The number of likely N-dealkylation sites (N-methyl/N-ethyl adjacent to an activating group) is 1. The van der Waals surface area contributed by atoms with Crippen molar-refractivity contribution in [3.05, 3.63) is 0 Å². The van der Waals surface area contributed by atoms with Crippen LogP contribution < -0.4 is 5.32 Å². The van der Waals surface area contributed by atoms with E-state index < -0.39 is 5.97 Å². The molecule has 6 heteroatoms. The van der Waals surface area contributed by atoms with Crippen LogP contribution in [0.3, 0.4) is 0 Å². The lowest BCUT2D eigenvalue weighted by molar-refractivity contribution is -0.145. The largest absolute Gasteiger partial charge is 0.480 e. The summed E-state index contributed by atoms with van der Waals surface area (Å²) in [5.74, 6) is -0.999. The number of hydrogen-bond acceptors (Lipinski definition) is 4. The summed E-state index contributed by atoms with van der Waals surface area (Å²) < 4.78 is 0. The Morgan fingerprint density at radius 3 is 2.63 bits per heavy atom. The van der Waals surface area contributed by atoms with Gasteiger partial charge in [-0.25, -0.2) is 0 Å². The number of amides is 1. The van der Waals surface area contributed by atoms with E-state index in [0.29, 0.717) is 6.04 Å². The molecule has 19 heavy (non-hydrogen) atoms. The fourth-order valence-corrected chi connectivity index (χ4v) is 3.16. The molecule has 2 heterocycles. The molecular formula is C13H23N3O3. The molecule has 2 saturated heterocycles. The molecule has 1 atom stereocenters. The van der Waals surface area contributed by atoms with Gasteiger partial charge in [0, 0.05) is 13.1 Å². The van der Waals surface area contributed by atoms with Crippen LogP contribution in [0.1, 0.15) is 25.7 Å². The van der Waals surface area contributed by atoms with Crippen LogP contribution in [-0.4, -0.2) is 72.1 Å². The van der Waals surface area contributed by atoms with Crippen LogP contribution in [-0.2, 0) is 9.59 Å². The standard InChI is InChI=1S/C13H23N3O3/c1-15(9-12(17)18)13(19)11-3-2-8-16(11)10-4-6-14-7-5-10/h10-11,14H,2-9H2,1H3,(H,17,18). The highest BCUT2D eigenvalue weighted by atomic mass is 16.4. The molecule has 2 aliphatic heterocycles. The zero-order chi connectivity index (χ0) is 13.8. The second-order valence-corrected chi connectivity index (χ2v) is 5.47. The number of carbonyl (C=O) groups excluding carboxylic acids is 1. The minimum absolute atomic E-state index is 0.0431. The fraction of sp³-hybridized carbons (Fsp3) is 0.846. The molecule has 0 spiro atoms. The fourth-order valence-electron chi connectivity index (χ4n) is 3.16. The summed E-state index contributed by atoms with van der Waals surface area (Å²) in [6, 6.07) is 0.350. The maximum Gasteiger partial charge on any atom is 0.323 e. The van der Waals surface area contributed by atoms with Crippen LogP contribution in [0.5, 0.6) is 0 Å². The van der Waals surface area contributed by atoms with E-state index in [1.54, 1.807) is 7.05 Å². The van der Waals surface area contributed by atoms with Crippen LogP contribution in [0.15, 0.2) is 0 Å². The van der Waals surface area contributed by atoms with E-state index in [0.717, 1.165) is 45.3 Å². The molecule has 0 aromatic carbocycles. The molecule has 2 N–H and O–H groups in total. The van der Waals surface area contributed by atoms with Gasteiger partial charge in [-0.05, 0) is 45.3 Å². The molecular weight excluding hydrogens is 246 g/mol. The first-order chi connectivity index (χ1) is 9.09. The summed E-state index contributed by atoms with van der Waals surface area (Å²) in [6.07, 6.45) is 4.03. The SMILES string of the molecule is CN(CC(=O)O)C(=O)C1CCCN1C1CCNCC1. The highest BCUT2D eigenvalue weighted by molar-refractivity contribution is 5.85. The summed E-state index contributed by atoms with van der Waals surface area (Å²) >= 11 is 0. The number of nitrogens with zero attached hydrogens (tertiary/aromatic N) is 2. The van der Waals surface area contributed by atoms with E-state index in [-0.39, 0.29) is 18.5 Å². The second kappa shape index (κ2) is 6.34. The Hall–Kier alpha value is -1.14. The first kappa shape index (κ1) is 14.3. The van der Waals surface area contributed by atoms with Gasteiger partial charge >= 0.3 is 5.97 Å². The van der Waals surface area contributed by atoms with Gasteiger partial charge in [-0.15, -0.1) is 0 Å². The smallest absolute Gasteiger partial charge is 0.323 e. The first-order valence-corrected chi connectivity index (χ1v) is 7.03. The maximum absolute atomic E-state index is 12.3.